The van der Waals surface area contributed by atoms with Crippen molar-refractivity contribution in [3.63, 3.8) is 0 Å². The lowest BCUT2D eigenvalue weighted by Gasteiger charge is -2.37. The first-order valence-electron chi connectivity index (χ1n) is 11.1. The smallest absolute Gasteiger partial charge is 0.245 e. The third kappa shape index (κ3) is 4.27. The van der Waals surface area contributed by atoms with Gasteiger partial charge in [-0.25, -0.2) is 24.9 Å². The highest BCUT2D eigenvalue weighted by atomic mass is 16.5. The van der Waals surface area contributed by atoms with Gasteiger partial charge >= 0.3 is 0 Å². The molecule has 0 aromatic carbocycles. The summed E-state index contributed by atoms with van der Waals surface area (Å²) >= 11 is 0. The second kappa shape index (κ2) is 9.15. The Morgan fingerprint density at radius 3 is 2.47 bits per heavy atom. The van der Waals surface area contributed by atoms with Crippen molar-refractivity contribution in [1.29, 1.82) is 0 Å². The van der Waals surface area contributed by atoms with E-state index in [0.29, 0.717) is 48.9 Å². The zero-order chi connectivity index (χ0) is 22.8. The van der Waals surface area contributed by atoms with Gasteiger partial charge in [0, 0.05) is 32.0 Å². The van der Waals surface area contributed by atoms with Crippen molar-refractivity contribution in [2.45, 2.75) is 65.8 Å². The molecule has 32 heavy (non-hydrogen) atoms. The third-order valence-electron chi connectivity index (χ3n) is 5.64. The molecule has 2 unspecified atom stereocenters. The number of rotatable bonds is 6. The Kier molecular flexibility index (Phi) is 6.31. The minimum atomic E-state index is -0.413. The zero-order valence-electron chi connectivity index (χ0n) is 19.2. The normalized spacial score (nSPS) is 19.8. The van der Waals surface area contributed by atoms with Gasteiger partial charge < -0.3 is 19.5 Å². The average Bonchev–Trinajstić information content (AvgIpc) is 3.16. The summed E-state index contributed by atoms with van der Waals surface area (Å²) in [6.07, 6.45) is 5.68. The van der Waals surface area contributed by atoms with Gasteiger partial charge in [0.15, 0.2) is 17.0 Å². The molecule has 170 valence electrons. The summed E-state index contributed by atoms with van der Waals surface area (Å²) in [7, 11) is 0. The van der Waals surface area contributed by atoms with Crippen LogP contribution in [0, 0.1) is 6.92 Å². The summed E-state index contributed by atoms with van der Waals surface area (Å²) in [5, 5.41) is 3.33. The number of anilines is 1. The van der Waals surface area contributed by atoms with Crippen LogP contribution in [0.4, 0.5) is 5.82 Å². The number of aryl methyl sites for hydroxylation is 2. The Morgan fingerprint density at radius 2 is 1.84 bits per heavy atom. The molecule has 0 bridgehead atoms. The molecule has 0 spiro atoms. The van der Waals surface area contributed by atoms with E-state index in [-0.39, 0.29) is 18.1 Å². The van der Waals surface area contributed by atoms with Crippen LogP contribution in [0.3, 0.4) is 0 Å². The number of morpholine rings is 1. The Balaban J connectivity index is 1.66. The van der Waals surface area contributed by atoms with Gasteiger partial charge in [0.2, 0.25) is 5.91 Å². The van der Waals surface area contributed by atoms with Crippen LogP contribution in [-0.4, -0.2) is 71.6 Å². The fraction of sp³-hybridized carbons (Fsp3) is 0.545. The SMILES string of the molecule is CC[C@@H](Nc1ncnc2c1nc(-c1cnc(C)nc1)n2CC)C(=O)N1CC(C)OC(C)C1. The molecule has 0 aliphatic carbocycles. The topological polar surface area (TPSA) is 111 Å². The molecule has 0 radical (unpaired) electrons. The van der Waals surface area contributed by atoms with E-state index in [9.17, 15) is 4.79 Å². The molecule has 3 aromatic heterocycles. The fourth-order valence-electron chi connectivity index (χ4n) is 4.15. The lowest BCUT2D eigenvalue weighted by atomic mass is 10.1. The van der Waals surface area contributed by atoms with E-state index in [0.717, 1.165) is 11.4 Å². The monoisotopic (exact) mass is 438 g/mol. The van der Waals surface area contributed by atoms with Gasteiger partial charge in [-0.3, -0.25) is 4.79 Å². The second-order valence-electron chi connectivity index (χ2n) is 8.20. The van der Waals surface area contributed by atoms with E-state index in [1.807, 2.05) is 44.1 Å². The zero-order valence-corrected chi connectivity index (χ0v) is 19.2. The molecule has 3 atom stereocenters. The molecule has 4 rings (SSSR count). The summed E-state index contributed by atoms with van der Waals surface area (Å²) in [6.45, 7) is 11.7. The van der Waals surface area contributed by atoms with Crippen molar-refractivity contribution < 1.29 is 9.53 Å². The number of nitrogens with zero attached hydrogens (tertiary/aromatic N) is 7. The summed E-state index contributed by atoms with van der Waals surface area (Å²) < 4.78 is 7.78. The minimum Gasteiger partial charge on any atom is -0.372 e. The number of carbonyl (C=O) groups excluding carboxylic acids is 1. The number of amides is 1. The predicted molar refractivity (Wildman–Crippen MR) is 121 cm³/mol. The number of hydrogen-bond donors (Lipinski definition) is 1. The number of carbonyl (C=O) groups is 1. The first kappa shape index (κ1) is 22.1. The number of nitrogens with one attached hydrogen (secondary N) is 1. The molecule has 10 nitrogen and oxygen atoms in total. The molecule has 10 heteroatoms. The molecule has 4 heterocycles. The van der Waals surface area contributed by atoms with Gasteiger partial charge in [-0.05, 0) is 34.1 Å². The van der Waals surface area contributed by atoms with Crippen LogP contribution in [0.5, 0.6) is 0 Å². The largest absolute Gasteiger partial charge is 0.372 e. The van der Waals surface area contributed by atoms with Crippen molar-refractivity contribution in [3.05, 3.63) is 24.5 Å². The maximum absolute atomic E-state index is 13.3. The van der Waals surface area contributed by atoms with Crippen LogP contribution in [0.2, 0.25) is 0 Å². The molecular formula is C22H30N8O2. The lowest BCUT2D eigenvalue weighted by Crippen LogP contribution is -2.52. The molecule has 1 aliphatic rings. The fourth-order valence-corrected chi connectivity index (χ4v) is 4.15. The Labute approximate surface area is 187 Å². The quantitative estimate of drug-likeness (QED) is 0.625. The molecule has 1 saturated heterocycles. The van der Waals surface area contributed by atoms with Gasteiger partial charge in [0.1, 0.15) is 24.0 Å². The van der Waals surface area contributed by atoms with E-state index in [1.165, 1.54) is 6.33 Å². The number of fused-ring (bicyclic) bond motifs is 1. The molecule has 3 aromatic rings. The molecule has 1 N–H and O–H groups in total. The second-order valence-corrected chi connectivity index (χ2v) is 8.20. The van der Waals surface area contributed by atoms with E-state index < -0.39 is 6.04 Å². The molecule has 1 amide bonds. The van der Waals surface area contributed by atoms with E-state index in [1.54, 1.807) is 12.4 Å². The highest BCUT2D eigenvalue weighted by molar-refractivity contribution is 5.90. The van der Waals surface area contributed by atoms with Crippen LogP contribution in [0.15, 0.2) is 18.7 Å². The summed E-state index contributed by atoms with van der Waals surface area (Å²) in [5.74, 6) is 2.02. The van der Waals surface area contributed by atoms with Gasteiger partial charge in [0.25, 0.3) is 0 Å². The minimum absolute atomic E-state index is 0.0190. The van der Waals surface area contributed by atoms with E-state index in [2.05, 4.69) is 25.3 Å². The number of imidazole rings is 1. The van der Waals surface area contributed by atoms with Crippen molar-refractivity contribution in [1.82, 2.24) is 34.4 Å². The highest BCUT2D eigenvalue weighted by Gasteiger charge is 2.30. The molecule has 1 fully saturated rings. The van der Waals surface area contributed by atoms with Crippen molar-refractivity contribution in [2.24, 2.45) is 0 Å². The predicted octanol–water partition coefficient (Wildman–Crippen LogP) is 2.44. The van der Waals surface area contributed by atoms with Gasteiger partial charge in [-0.1, -0.05) is 6.92 Å². The van der Waals surface area contributed by atoms with Gasteiger partial charge in [-0.15, -0.1) is 0 Å². The van der Waals surface area contributed by atoms with Crippen molar-refractivity contribution in [3.8, 4) is 11.4 Å². The van der Waals surface area contributed by atoms with E-state index >= 15 is 0 Å². The van der Waals surface area contributed by atoms with Crippen LogP contribution in [-0.2, 0) is 16.1 Å². The van der Waals surface area contributed by atoms with Crippen LogP contribution in [0.25, 0.3) is 22.6 Å². The third-order valence-corrected chi connectivity index (χ3v) is 5.64. The Hall–Kier alpha value is -3.14. The van der Waals surface area contributed by atoms with Crippen molar-refractivity contribution >= 4 is 22.9 Å². The maximum Gasteiger partial charge on any atom is 0.245 e. The van der Waals surface area contributed by atoms with Crippen LogP contribution < -0.4 is 5.32 Å². The first-order chi connectivity index (χ1) is 15.4. The number of ether oxygens (including phenoxy) is 1. The maximum atomic E-state index is 13.3. The summed E-state index contributed by atoms with van der Waals surface area (Å²) in [5.41, 5.74) is 2.14. The van der Waals surface area contributed by atoms with E-state index in [4.69, 9.17) is 9.72 Å². The van der Waals surface area contributed by atoms with Crippen LogP contribution in [0.1, 0.15) is 39.9 Å². The standard InChI is InChI=1S/C22H30N8O2/c1-6-17(22(31)29-10-13(3)32-14(4)11-29)27-19-18-21(26-12-25-19)30(7-2)20(28-18)16-8-23-15(5)24-9-16/h8-9,12-14,17H,6-7,10-11H2,1-5H3,(H,25,26,27)/t13?,14?,17-/m1/s1. The summed E-state index contributed by atoms with van der Waals surface area (Å²) in [4.78, 5) is 37.4. The van der Waals surface area contributed by atoms with Crippen molar-refractivity contribution in [2.75, 3.05) is 18.4 Å². The van der Waals surface area contributed by atoms with Gasteiger partial charge in [-0.2, -0.15) is 0 Å². The number of hydrogen-bond acceptors (Lipinski definition) is 8. The molecule has 1 aliphatic heterocycles. The van der Waals surface area contributed by atoms with Crippen LogP contribution >= 0.6 is 0 Å². The lowest BCUT2D eigenvalue weighted by molar-refractivity contribution is -0.144. The molecule has 0 saturated carbocycles. The summed E-state index contributed by atoms with van der Waals surface area (Å²) in [6, 6.07) is -0.413. The molecular weight excluding hydrogens is 408 g/mol. The number of aromatic nitrogens is 6. The first-order valence-corrected chi connectivity index (χ1v) is 11.1. The average molecular weight is 439 g/mol. The van der Waals surface area contributed by atoms with Gasteiger partial charge in [0.05, 0.1) is 17.8 Å². The Bertz CT molecular complexity index is 1090. The highest BCUT2D eigenvalue weighted by Crippen LogP contribution is 2.27. The Morgan fingerprint density at radius 1 is 1.16 bits per heavy atom.